The molecule has 1 saturated heterocycles. The van der Waals surface area contributed by atoms with E-state index in [1.165, 1.54) is 38.5 Å². The quantitative estimate of drug-likeness (QED) is 0.309. The molecule has 0 saturated carbocycles. The van der Waals surface area contributed by atoms with Crippen molar-refractivity contribution in [3.8, 4) is 0 Å². The Morgan fingerprint density at radius 1 is 1.31 bits per heavy atom. The van der Waals surface area contributed by atoms with Crippen molar-refractivity contribution in [1.82, 2.24) is 29.7 Å². The van der Waals surface area contributed by atoms with E-state index in [1.807, 2.05) is 0 Å². The number of hydrogen-bond donors (Lipinski definition) is 4. The molecule has 32 heavy (non-hydrogen) atoms. The van der Waals surface area contributed by atoms with E-state index in [9.17, 15) is 4.79 Å². The third-order valence-corrected chi connectivity index (χ3v) is 6.29. The third-order valence-electron chi connectivity index (χ3n) is 5.46. The van der Waals surface area contributed by atoms with Crippen LogP contribution in [0.3, 0.4) is 0 Å². The number of fused-ring (bicyclic) bond motifs is 1. The average Bonchev–Trinajstić information content (AvgIpc) is 3.12. The van der Waals surface area contributed by atoms with Gasteiger partial charge in [0, 0.05) is 17.8 Å². The molecule has 0 atom stereocenters. The molecular weight excluding hydrogens is 474 g/mol. The predicted octanol–water partition coefficient (Wildman–Crippen LogP) is 2.89. The number of aromatic amines is 1. The molecule has 10 nitrogen and oxygen atoms in total. The van der Waals surface area contributed by atoms with Crippen molar-refractivity contribution in [2.24, 2.45) is 0 Å². The fraction of sp³-hybridized carbons (Fsp3) is 0.381. The topological polar surface area (TPSA) is 140 Å². The number of likely N-dealkylation sites (tertiary alicyclic amines) is 1. The molecule has 3 aromatic rings. The maximum atomic E-state index is 11.0. The van der Waals surface area contributed by atoms with E-state index < -0.39 is 0 Å². The highest BCUT2D eigenvalue weighted by Crippen LogP contribution is 2.31. The molecule has 0 aromatic carbocycles. The predicted molar refractivity (Wildman–Crippen MR) is 131 cm³/mol. The van der Waals surface area contributed by atoms with E-state index in [4.69, 9.17) is 11.1 Å². The Labute approximate surface area is 195 Å². The van der Waals surface area contributed by atoms with Gasteiger partial charge in [0.05, 0.1) is 27.4 Å². The van der Waals surface area contributed by atoms with Gasteiger partial charge in [-0.25, -0.2) is 15.0 Å². The Morgan fingerprint density at radius 2 is 2.03 bits per heavy atom. The zero-order valence-electron chi connectivity index (χ0n) is 18.4. The zero-order chi connectivity index (χ0) is 23.3. The van der Waals surface area contributed by atoms with Crippen LogP contribution in [0.25, 0.3) is 11.0 Å². The molecule has 1 fully saturated rings. The molecule has 1 aliphatic heterocycles. The summed E-state index contributed by atoms with van der Waals surface area (Å²) in [5, 5.41) is 11.0. The van der Waals surface area contributed by atoms with E-state index in [1.54, 1.807) is 6.07 Å². The molecule has 0 aliphatic carbocycles. The molecule has 11 heteroatoms. The van der Waals surface area contributed by atoms with Crippen LogP contribution >= 0.6 is 15.9 Å². The van der Waals surface area contributed by atoms with Crippen molar-refractivity contribution in [2.75, 3.05) is 45.3 Å². The van der Waals surface area contributed by atoms with E-state index in [0.717, 1.165) is 12.3 Å². The summed E-state index contributed by atoms with van der Waals surface area (Å²) in [7, 11) is 6.55. The van der Waals surface area contributed by atoms with Crippen LogP contribution in [0.2, 0.25) is 0 Å². The Hall–Kier alpha value is -2.89. The fourth-order valence-electron chi connectivity index (χ4n) is 3.49. The first-order valence-corrected chi connectivity index (χ1v) is 11.0. The number of rotatable bonds is 5. The number of nitrogen functional groups attached to an aromatic ring is 1. The van der Waals surface area contributed by atoms with Crippen molar-refractivity contribution in [1.29, 1.82) is 5.41 Å². The molecule has 5 N–H and O–H groups in total. The van der Waals surface area contributed by atoms with Gasteiger partial charge in [-0.05, 0) is 69.1 Å². The molecule has 4 rings (SSSR count). The second-order valence-electron chi connectivity index (χ2n) is 7.88. The number of nitrogens with two attached hydrogens (primary N) is 1. The van der Waals surface area contributed by atoms with Gasteiger partial charge in [0.15, 0.2) is 6.29 Å². The summed E-state index contributed by atoms with van der Waals surface area (Å²) in [4.78, 5) is 31.0. The molecule has 0 spiro atoms. The van der Waals surface area contributed by atoms with Gasteiger partial charge in [-0.3, -0.25) is 4.79 Å². The second-order valence-corrected chi connectivity index (χ2v) is 8.68. The smallest absolute Gasteiger partial charge is 0.167 e. The normalized spacial score (nSPS) is 14.8. The van der Waals surface area contributed by atoms with Crippen LogP contribution in [0.5, 0.6) is 0 Å². The number of carbonyl (C=O) groups is 1. The summed E-state index contributed by atoms with van der Waals surface area (Å²) in [5.41, 5.74) is 7.57. The SMILES string of the molecule is CN1CCC(N(C)C)CC1.N=Cc1cc(Nc2ncnc3[nH]c(C=O)c(Br)c23)ncc1N. The number of nitrogens with one attached hydrogen (secondary N) is 3. The summed E-state index contributed by atoms with van der Waals surface area (Å²) in [6, 6.07) is 2.47. The Kier molecular flexibility index (Phi) is 7.89. The lowest BCUT2D eigenvalue weighted by molar-refractivity contribution is 0.111. The van der Waals surface area contributed by atoms with E-state index >= 15 is 0 Å². The van der Waals surface area contributed by atoms with Gasteiger partial charge in [-0.15, -0.1) is 0 Å². The summed E-state index contributed by atoms with van der Waals surface area (Å²) in [5.74, 6) is 0.961. The summed E-state index contributed by atoms with van der Waals surface area (Å²) >= 11 is 3.36. The van der Waals surface area contributed by atoms with Gasteiger partial charge in [0.2, 0.25) is 0 Å². The van der Waals surface area contributed by atoms with Gasteiger partial charge in [-0.2, -0.15) is 0 Å². The maximum absolute atomic E-state index is 11.0. The number of hydrogen-bond acceptors (Lipinski definition) is 9. The number of nitrogens with zero attached hydrogens (tertiary/aromatic N) is 5. The molecular formula is C21H28BrN9O. The van der Waals surface area contributed by atoms with E-state index in [0.29, 0.717) is 50.4 Å². The molecule has 0 unspecified atom stereocenters. The monoisotopic (exact) mass is 501 g/mol. The minimum Gasteiger partial charge on any atom is -0.397 e. The van der Waals surface area contributed by atoms with Crippen LogP contribution in [0.4, 0.5) is 17.3 Å². The number of anilines is 3. The van der Waals surface area contributed by atoms with Crippen LogP contribution in [0.1, 0.15) is 28.9 Å². The highest BCUT2D eigenvalue weighted by atomic mass is 79.9. The number of aromatic nitrogens is 4. The van der Waals surface area contributed by atoms with E-state index in [-0.39, 0.29) is 0 Å². The van der Waals surface area contributed by atoms with E-state index in [2.05, 4.69) is 72.1 Å². The number of halogens is 1. The maximum Gasteiger partial charge on any atom is 0.167 e. The summed E-state index contributed by atoms with van der Waals surface area (Å²) in [6.07, 6.45) is 7.35. The van der Waals surface area contributed by atoms with Crippen molar-refractivity contribution >= 4 is 56.8 Å². The number of aldehydes is 1. The van der Waals surface area contributed by atoms with Crippen molar-refractivity contribution in [3.05, 3.63) is 34.3 Å². The molecule has 0 bridgehead atoms. The van der Waals surface area contributed by atoms with Crippen LogP contribution < -0.4 is 11.1 Å². The largest absolute Gasteiger partial charge is 0.397 e. The minimum absolute atomic E-state index is 0.379. The van der Waals surface area contributed by atoms with Gasteiger partial charge < -0.3 is 31.2 Å². The molecule has 1 aliphatic rings. The Bertz CT molecular complexity index is 1090. The highest BCUT2D eigenvalue weighted by molar-refractivity contribution is 9.10. The lowest BCUT2D eigenvalue weighted by Gasteiger charge is -2.32. The van der Waals surface area contributed by atoms with Gasteiger partial charge in [0.25, 0.3) is 0 Å². The highest BCUT2D eigenvalue weighted by Gasteiger charge is 2.17. The van der Waals surface area contributed by atoms with Gasteiger partial charge in [0.1, 0.15) is 23.6 Å². The summed E-state index contributed by atoms with van der Waals surface area (Å²) in [6.45, 7) is 2.53. The molecule has 170 valence electrons. The zero-order valence-corrected chi connectivity index (χ0v) is 20.0. The molecule has 0 radical (unpaired) electrons. The standard InChI is InChI=1S/C13H10BrN7O.C8H18N2/c14-11-8(4-22)20-12-10(11)13(19-5-18-12)21-9-1-6(2-15)7(16)3-17-9;1-9(2)8-4-6-10(3)7-5-8/h1-5,15H,16H2,(H2,17,18,19,20,21);8H,4-7H2,1-3H3. The number of piperidine rings is 1. The number of pyridine rings is 1. The van der Waals surface area contributed by atoms with Crippen LogP contribution in [0.15, 0.2) is 23.1 Å². The van der Waals surface area contributed by atoms with Crippen molar-refractivity contribution < 1.29 is 4.79 Å². The van der Waals surface area contributed by atoms with Crippen molar-refractivity contribution in [2.45, 2.75) is 18.9 Å². The van der Waals surface area contributed by atoms with Crippen LogP contribution in [0, 0.1) is 5.41 Å². The third kappa shape index (κ3) is 5.47. The molecule has 4 heterocycles. The lowest BCUT2D eigenvalue weighted by atomic mass is 10.1. The minimum atomic E-state index is 0.379. The fourth-order valence-corrected chi connectivity index (χ4v) is 4.06. The van der Waals surface area contributed by atoms with Crippen LogP contribution in [-0.4, -0.2) is 82.5 Å². The van der Waals surface area contributed by atoms with Crippen molar-refractivity contribution in [3.63, 3.8) is 0 Å². The first kappa shape index (κ1) is 23.8. The number of carbonyl (C=O) groups excluding carboxylic acids is 1. The number of H-pyrrole nitrogens is 1. The lowest BCUT2D eigenvalue weighted by Crippen LogP contribution is -2.40. The average molecular weight is 502 g/mol. The summed E-state index contributed by atoms with van der Waals surface area (Å²) < 4.78 is 0.573. The Morgan fingerprint density at radius 3 is 2.66 bits per heavy atom. The first-order chi connectivity index (χ1) is 15.3. The van der Waals surface area contributed by atoms with Gasteiger partial charge >= 0.3 is 0 Å². The second kappa shape index (κ2) is 10.6. The first-order valence-electron chi connectivity index (χ1n) is 10.2. The van der Waals surface area contributed by atoms with Gasteiger partial charge in [-0.1, -0.05) is 0 Å². The molecule has 0 amide bonds. The van der Waals surface area contributed by atoms with Crippen LogP contribution in [-0.2, 0) is 0 Å². The Balaban J connectivity index is 0.000000243. The molecule has 3 aromatic heterocycles.